The van der Waals surface area contributed by atoms with E-state index < -0.39 is 0 Å². The van der Waals surface area contributed by atoms with Crippen molar-refractivity contribution in [3.63, 3.8) is 0 Å². The van der Waals surface area contributed by atoms with Crippen molar-refractivity contribution >= 4 is 22.2 Å². The standard InChI is InChI=1S/C28H30N6O3S/c1-4-26(27-30-31-32-34(27)16-19-7-10-22(36-2)11-8-19)33(18-24-6-5-13-38-24)17-21-14-20-9-12-23(37-3)15-25(20)29-28(21)35/h5-15,26H,4,16-18H2,1-3H3,(H,29,35)/t26-/m1/s1. The molecule has 10 heteroatoms. The molecule has 196 valence electrons. The molecule has 2 aromatic carbocycles. The van der Waals surface area contributed by atoms with Crippen LogP contribution in [0.4, 0.5) is 0 Å². The van der Waals surface area contributed by atoms with E-state index in [1.807, 2.05) is 59.3 Å². The first-order valence-electron chi connectivity index (χ1n) is 12.4. The number of H-pyrrole nitrogens is 1. The predicted octanol–water partition coefficient (Wildman–Crippen LogP) is 4.80. The quantitative estimate of drug-likeness (QED) is 0.262. The van der Waals surface area contributed by atoms with E-state index in [9.17, 15) is 4.79 Å². The van der Waals surface area contributed by atoms with Gasteiger partial charge < -0.3 is 14.5 Å². The summed E-state index contributed by atoms with van der Waals surface area (Å²) in [7, 11) is 3.27. The maximum atomic E-state index is 13.2. The summed E-state index contributed by atoms with van der Waals surface area (Å²) in [5.41, 5.74) is 2.39. The maximum Gasteiger partial charge on any atom is 0.252 e. The first-order valence-corrected chi connectivity index (χ1v) is 13.3. The first kappa shape index (κ1) is 25.6. The van der Waals surface area contributed by atoms with Crippen LogP contribution in [0.1, 0.15) is 41.2 Å². The zero-order valence-electron chi connectivity index (χ0n) is 21.6. The number of methoxy groups -OCH3 is 2. The lowest BCUT2D eigenvalue weighted by Gasteiger charge is -2.30. The van der Waals surface area contributed by atoms with E-state index in [0.717, 1.165) is 34.5 Å². The number of aromatic nitrogens is 5. The number of aromatic amines is 1. The number of nitrogens with one attached hydrogen (secondary N) is 1. The van der Waals surface area contributed by atoms with Crippen LogP contribution in [0.5, 0.6) is 11.5 Å². The fourth-order valence-electron chi connectivity index (χ4n) is 4.64. The van der Waals surface area contributed by atoms with Gasteiger partial charge in [0.25, 0.3) is 5.56 Å². The minimum atomic E-state index is -0.116. The average Bonchev–Trinajstić information content (AvgIpc) is 3.62. The fourth-order valence-corrected chi connectivity index (χ4v) is 5.37. The highest BCUT2D eigenvalue weighted by Crippen LogP contribution is 2.28. The second-order valence-corrected chi connectivity index (χ2v) is 10.1. The number of thiophene rings is 1. The fraction of sp³-hybridized carbons (Fsp3) is 0.286. The van der Waals surface area contributed by atoms with Gasteiger partial charge in [-0.05, 0) is 69.6 Å². The van der Waals surface area contributed by atoms with Gasteiger partial charge >= 0.3 is 0 Å². The predicted molar refractivity (Wildman–Crippen MR) is 148 cm³/mol. The average molecular weight is 531 g/mol. The summed E-state index contributed by atoms with van der Waals surface area (Å²) in [6.07, 6.45) is 0.775. The minimum absolute atomic E-state index is 0.101. The highest BCUT2D eigenvalue weighted by atomic mass is 32.1. The molecule has 0 fully saturated rings. The summed E-state index contributed by atoms with van der Waals surface area (Å²) in [6, 6.07) is 19.6. The Hall–Kier alpha value is -4.02. The SMILES string of the molecule is CC[C@H](c1nnnn1Cc1ccc(OC)cc1)N(Cc1cccs1)Cc1cc2ccc(OC)cc2[nH]c1=O. The molecule has 0 aliphatic heterocycles. The summed E-state index contributed by atoms with van der Waals surface area (Å²) in [5.74, 6) is 2.27. The Morgan fingerprint density at radius 1 is 1.03 bits per heavy atom. The molecule has 0 aliphatic carbocycles. The Labute approximate surface area is 224 Å². The molecule has 1 N–H and O–H groups in total. The van der Waals surface area contributed by atoms with Gasteiger partial charge in [-0.25, -0.2) is 4.68 Å². The van der Waals surface area contributed by atoms with Crippen LogP contribution < -0.4 is 15.0 Å². The molecule has 1 atom stereocenters. The van der Waals surface area contributed by atoms with Crippen LogP contribution in [0.3, 0.4) is 0 Å². The third kappa shape index (κ3) is 5.61. The van der Waals surface area contributed by atoms with E-state index >= 15 is 0 Å². The smallest absolute Gasteiger partial charge is 0.252 e. The van der Waals surface area contributed by atoms with Gasteiger partial charge in [-0.1, -0.05) is 25.1 Å². The van der Waals surface area contributed by atoms with Gasteiger partial charge in [0.05, 0.1) is 32.3 Å². The second-order valence-electron chi connectivity index (χ2n) is 9.03. The zero-order chi connectivity index (χ0) is 26.5. The van der Waals surface area contributed by atoms with Gasteiger partial charge in [0.2, 0.25) is 0 Å². The Kier molecular flexibility index (Phi) is 7.81. The van der Waals surface area contributed by atoms with Crippen LogP contribution in [-0.2, 0) is 19.6 Å². The molecule has 0 radical (unpaired) electrons. The Morgan fingerprint density at radius 3 is 2.53 bits per heavy atom. The molecule has 0 saturated carbocycles. The van der Waals surface area contributed by atoms with Gasteiger partial charge in [-0.3, -0.25) is 9.69 Å². The van der Waals surface area contributed by atoms with Crippen LogP contribution >= 0.6 is 11.3 Å². The van der Waals surface area contributed by atoms with Crippen LogP contribution in [0, 0.1) is 0 Å². The van der Waals surface area contributed by atoms with Crippen molar-refractivity contribution in [1.29, 1.82) is 0 Å². The number of hydrogen-bond acceptors (Lipinski definition) is 8. The normalized spacial score (nSPS) is 12.2. The van der Waals surface area contributed by atoms with Crippen LogP contribution in [0.15, 0.2) is 70.8 Å². The number of nitrogens with zero attached hydrogens (tertiary/aromatic N) is 5. The van der Waals surface area contributed by atoms with E-state index in [1.54, 1.807) is 25.6 Å². The largest absolute Gasteiger partial charge is 0.497 e. The molecule has 5 rings (SSSR count). The number of benzene rings is 2. The molecule has 0 bridgehead atoms. The minimum Gasteiger partial charge on any atom is -0.497 e. The summed E-state index contributed by atoms with van der Waals surface area (Å²) < 4.78 is 12.4. The van der Waals surface area contributed by atoms with Crippen LogP contribution in [0.2, 0.25) is 0 Å². The van der Waals surface area contributed by atoms with E-state index in [-0.39, 0.29) is 11.6 Å². The topological polar surface area (TPSA) is 98.2 Å². The van der Waals surface area contributed by atoms with E-state index in [1.165, 1.54) is 4.88 Å². The Balaban J connectivity index is 1.47. The number of hydrogen-bond donors (Lipinski definition) is 1. The van der Waals surface area contributed by atoms with Crippen molar-refractivity contribution < 1.29 is 9.47 Å². The van der Waals surface area contributed by atoms with Gasteiger partial charge in [-0.15, -0.1) is 16.4 Å². The Morgan fingerprint density at radius 2 is 1.82 bits per heavy atom. The molecule has 3 heterocycles. The number of rotatable bonds is 11. The van der Waals surface area contributed by atoms with Crippen molar-refractivity contribution in [3.8, 4) is 11.5 Å². The molecule has 0 unspecified atom stereocenters. The van der Waals surface area contributed by atoms with Gasteiger partial charge in [0, 0.05) is 29.6 Å². The first-order chi connectivity index (χ1) is 18.6. The lowest BCUT2D eigenvalue weighted by Crippen LogP contribution is -2.32. The van der Waals surface area contributed by atoms with E-state index in [0.29, 0.717) is 30.9 Å². The van der Waals surface area contributed by atoms with Crippen LogP contribution in [-0.4, -0.2) is 44.3 Å². The highest BCUT2D eigenvalue weighted by molar-refractivity contribution is 7.09. The molecule has 0 aliphatic rings. The molecular weight excluding hydrogens is 500 g/mol. The van der Waals surface area contributed by atoms with E-state index in [4.69, 9.17) is 9.47 Å². The third-order valence-electron chi connectivity index (χ3n) is 6.62. The van der Waals surface area contributed by atoms with Gasteiger partial charge in [0.15, 0.2) is 5.82 Å². The molecule has 38 heavy (non-hydrogen) atoms. The third-order valence-corrected chi connectivity index (χ3v) is 7.48. The van der Waals surface area contributed by atoms with Gasteiger partial charge in [-0.2, -0.15) is 0 Å². The van der Waals surface area contributed by atoms with Gasteiger partial charge in [0.1, 0.15) is 11.5 Å². The Bertz CT molecular complexity index is 1550. The van der Waals surface area contributed by atoms with Crippen molar-refractivity contribution in [2.45, 2.75) is 39.0 Å². The number of fused-ring (bicyclic) bond motifs is 1. The monoisotopic (exact) mass is 530 g/mol. The maximum absolute atomic E-state index is 13.2. The second kappa shape index (κ2) is 11.6. The summed E-state index contributed by atoms with van der Waals surface area (Å²) in [5, 5.41) is 15.8. The van der Waals surface area contributed by atoms with Crippen LogP contribution in [0.25, 0.3) is 10.9 Å². The van der Waals surface area contributed by atoms with Crippen molar-refractivity contribution in [2.24, 2.45) is 0 Å². The van der Waals surface area contributed by atoms with Crippen molar-refractivity contribution in [2.75, 3.05) is 14.2 Å². The molecule has 5 aromatic rings. The molecule has 0 spiro atoms. The zero-order valence-corrected chi connectivity index (χ0v) is 22.4. The number of pyridine rings is 1. The molecule has 9 nitrogen and oxygen atoms in total. The summed E-state index contributed by atoms with van der Waals surface area (Å²) >= 11 is 1.70. The molecule has 3 aromatic heterocycles. The van der Waals surface area contributed by atoms with Crippen molar-refractivity contribution in [1.82, 2.24) is 30.1 Å². The highest BCUT2D eigenvalue weighted by Gasteiger charge is 2.26. The number of ether oxygens (including phenoxy) is 2. The molecule has 0 saturated heterocycles. The lowest BCUT2D eigenvalue weighted by molar-refractivity contribution is 0.163. The van der Waals surface area contributed by atoms with E-state index in [2.05, 4.69) is 43.8 Å². The number of tetrazole rings is 1. The summed E-state index contributed by atoms with van der Waals surface area (Å²) in [4.78, 5) is 19.7. The lowest BCUT2D eigenvalue weighted by atomic mass is 10.1. The summed E-state index contributed by atoms with van der Waals surface area (Å²) in [6.45, 7) is 3.78. The van der Waals surface area contributed by atoms with Crippen molar-refractivity contribution in [3.05, 3.63) is 98.2 Å². The molecule has 0 amide bonds. The molecular formula is C28H30N6O3S.